The number of carbonyl (C=O) groups is 2. The molecule has 0 fully saturated rings. The van der Waals surface area contributed by atoms with Crippen molar-refractivity contribution in [1.82, 2.24) is 19.7 Å². The number of hydrogen-bond donors (Lipinski definition) is 2. The van der Waals surface area contributed by atoms with Gasteiger partial charge in [0, 0.05) is 11.6 Å². The first-order chi connectivity index (χ1) is 13.6. The molecule has 2 N–H and O–H groups in total. The second-order valence-corrected chi connectivity index (χ2v) is 7.09. The summed E-state index contributed by atoms with van der Waals surface area (Å²) in [7, 11) is 0. The largest absolute Gasteiger partial charge is 0.459 e. The first-order valence-electron chi connectivity index (χ1n) is 8.81. The average molecular weight is 399 g/mol. The van der Waals surface area contributed by atoms with Crippen LogP contribution in [0, 0.1) is 0 Å². The molecule has 28 heavy (non-hydrogen) atoms. The van der Waals surface area contributed by atoms with Gasteiger partial charge in [0.25, 0.3) is 5.56 Å². The Hall–Kier alpha value is -3.27. The van der Waals surface area contributed by atoms with E-state index in [9.17, 15) is 14.4 Å². The number of thiophene rings is 1. The fraction of sp³-hybridized carbons (Fsp3) is 0.278. The number of aromatic amines is 1. The molecular formula is C18H17N5O4S. The van der Waals surface area contributed by atoms with E-state index in [4.69, 9.17) is 4.74 Å². The van der Waals surface area contributed by atoms with E-state index in [0.29, 0.717) is 17.7 Å². The Bertz CT molecular complexity index is 1100. The summed E-state index contributed by atoms with van der Waals surface area (Å²) in [6.45, 7) is 1.70. The zero-order valence-electron chi connectivity index (χ0n) is 15.0. The topological polar surface area (TPSA) is 119 Å². The van der Waals surface area contributed by atoms with Crippen molar-refractivity contribution in [2.45, 2.75) is 26.2 Å². The minimum atomic E-state index is -0.997. The molecule has 0 aromatic carbocycles. The second-order valence-electron chi connectivity index (χ2n) is 6.15. The number of fused-ring (bicyclic) bond motifs is 1. The molecule has 1 aliphatic carbocycles. The van der Waals surface area contributed by atoms with Crippen LogP contribution in [-0.2, 0) is 27.2 Å². The van der Waals surface area contributed by atoms with Gasteiger partial charge in [-0.15, -0.1) is 11.3 Å². The van der Waals surface area contributed by atoms with Crippen molar-refractivity contribution < 1.29 is 14.3 Å². The number of esters is 1. The third-order valence-electron chi connectivity index (χ3n) is 4.32. The summed E-state index contributed by atoms with van der Waals surface area (Å²) >= 11 is 1.48. The quantitative estimate of drug-likeness (QED) is 0.509. The van der Waals surface area contributed by atoms with Crippen LogP contribution in [0.1, 0.15) is 24.6 Å². The molecule has 3 aromatic heterocycles. The highest BCUT2D eigenvalue weighted by Gasteiger charge is 2.23. The van der Waals surface area contributed by atoms with Gasteiger partial charge in [0.15, 0.2) is 0 Å². The fourth-order valence-corrected chi connectivity index (χ4v) is 3.75. The molecule has 10 heteroatoms. The predicted octanol–water partition coefficient (Wildman–Crippen LogP) is 1.67. The minimum Gasteiger partial charge on any atom is -0.459 e. The number of nitrogens with zero attached hydrogens (tertiary/aromatic N) is 3. The minimum absolute atomic E-state index is 0.0889. The van der Waals surface area contributed by atoms with Crippen LogP contribution in [0.2, 0.25) is 0 Å². The number of hydrogen-bond acceptors (Lipinski definition) is 7. The maximum Gasteiger partial charge on any atom is 0.397 e. The van der Waals surface area contributed by atoms with Gasteiger partial charge in [0.2, 0.25) is 5.95 Å². The Morgan fingerprint density at radius 1 is 1.39 bits per heavy atom. The third kappa shape index (κ3) is 3.33. The number of aryl methyl sites for hydroxylation is 1. The van der Waals surface area contributed by atoms with Crippen molar-refractivity contribution in [3.63, 3.8) is 0 Å². The summed E-state index contributed by atoms with van der Waals surface area (Å²) in [6, 6.07) is 5.38. The van der Waals surface area contributed by atoms with Gasteiger partial charge in [0.1, 0.15) is 11.5 Å². The van der Waals surface area contributed by atoms with E-state index < -0.39 is 11.9 Å². The van der Waals surface area contributed by atoms with E-state index in [2.05, 4.69) is 20.4 Å². The highest BCUT2D eigenvalue weighted by atomic mass is 32.1. The van der Waals surface area contributed by atoms with Gasteiger partial charge in [-0.2, -0.15) is 9.78 Å². The molecule has 0 saturated carbocycles. The number of ether oxygens (including phenoxy) is 1. The maximum atomic E-state index is 12.4. The number of amides is 1. The first-order valence-corrected chi connectivity index (χ1v) is 9.69. The molecule has 4 rings (SSSR count). The number of H-pyrrole nitrogens is 1. The van der Waals surface area contributed by atoms with Crippen molar-refractivity contribution in [1.29, 1.82) is 0 Å². The average Bonchev–Trinajstić information content (AvgIpc) is 3.41. The molecule has 1 aliphatic rings. The zero-order chi connectivity index (χ0) is 19.7. The molecular weight excluding hydrogens is 382 g/mol. The van der Waals surface area contributed by atoms with Crippen LogP contribution in [0.4, 0.5) is 5.82 Å². The SMILES string of the molecule is CCOC(=O)C(=O)Nc1cc(-c2cccs2)nn1-c1nc2c(c(=O)[nH]1)CCC2. The highest BCUT2D eigenvalue weighted by molar-refractivity contribution is 7.13. The number of anilines is 1. The number of aromatic nitrogens is 4. The summed E-state index contributed by atoms with van der Waals surface area (Å²) in [4.78, 5) is 44.3. The van der Waals surface area contributed by atoms with Crippen molar-refractivity contribution in [3.8, 4) is 16.5 Å². The van der Waals surface area contributed by atoms with E-state index in [1.165, 1.54) is 16.0 Å². The molecule has 9 nitrogen and oxygen atoms in total. The molecule has 0 aliphatic heterocycles. The second kappa shape index (κ2) is 7.39. The van der Waals surface area contributed by atoms with Gasteiger partial charge in [-0.3, -0.25) is 14.6 Å². The molecule has 3 heterocycles. The van der Waals surface area contributed by atoms with Crippen LogP contribution < -0.4 is 10.9 Å². The van der Waals surface area contributed by atoms with Gasteiger partial charge >= 0.3 is 11.9 Å². The molecule has 0 bridgehead atoms. The molecule has 0 radical (unpaired) electrons. The Morgan fingerprint density at radius 2 is 2.25 bits per heavy atom. The Kier molecular flexibility index (Phi) is 4.78. The van der Waals surface area contributed by atoms with Gasteiger partial charge < -0.3 is 10.1 Å². The van der Waals surface area contributed by atoms with Crippen LogP contribution in [-0.4, -0.2) is 38.2 Å². The summed E-state index contributed by atoms with van der Waals surface area (Å²) < 4.78 is 6.05. The van der Waals surface area contributed by atoms with Gasteiger partial charge in [-0.1, -0.05) is 6.07 Å². The van der Waals surface area contributed by atoms with Gasteiger partial charge in [-0.05, 0) is 37.6 Å². The number of nitrogens with one attached hydrogen (secondary N) is 2. The first kappa shape index (κ1) is 18.1. The molecule has 144 valence electrons. The number of carbonyl (C=O) groups excluding carboxylic acids is 2. The summed E-state index contributed by atoms with van der Waals surface area (Å²) in [5, 5.41) is 8.87. The fourth-order valence-electron chi connectivity index (χ4n) is 3.07. The van der Waals surface area contributed by atoms with Crippen LogP contribution in [0.5, 0.6) is 0 Å². The lowest BCUT2D eigenvalue weighted by Gasteiger charge is -2.08. The predicted molar refractivity (Wildman–Crippen MR) is 103 cm³/mol. The van der Waals surface area contributed by atoms with E-state index in [0.717, 1.165) is 23.4 Å². The van der Waals surface area contributed by atoms with Crippen LogP contribution in [0.15, 0.2) is 28.4 Å². The summed E-state index contributed by atoms with van der Waals surface area (Å²) in [6.07, 6.45) is 2.29. The van der Waals surface area contributed by atoms with Crippen LogP contribution in [0.25, 0.3) is 16.5 Å². The van der Waals surface area contributed by atoms with Crippen molar-refractivity contribution in [2.75, 3.05) is 11.9 Å². The molecule has 0 unspecified atom stereocenters. The smallest absolute Gasteiger partial charge is 0.397 e. The molecule has 0 spiro atoms. The highest BCUT2D eigenvalue weighted by Crippen LogP contribution is 2.27. The Balaban J connectivity index is 1.77. The molecule has 1 amide bonds. The van der Waals surface area contributed by atoms with E-state index in [1.54, 1.807) is 13.0 Å². The Labute approximate surface area is 163 Å². The lowest BCUT2D eigenvalue weighted by Crippen LogP contribution is -2.27. The van der Waals surface area contributed by atoms with Gasteiger partial charge in [0.05, 0.1) is 17.2 Å². The zero-order valence-corrected chi connectivity index (χ0v) is 15.8. The Morgan fingerprint density at radius 3 is 3.00 bits per heavy atom. The third-order valence-corrected chi connectivity index (χ3v) is 5.21. The van der Waals surface area contributed by atoms with Crippen molar-refractivity contribution in [2.24, 2.45) is 0 Å². The summed E-state index contributed by atoms with van der Waals surface area (Å²) in [5.41, 5.74) is 1.78. The van der Waals surface area contributed by atoms with Crippen molar-refractivity contribution >= 4 is 29.0 Å². The standard InChI is InChI=1S/C18H17N5O4S/c1-2-27-17(26)16(25)20-14-9-12(13-7-4-8-28-13)22-23(14)18-19-11-6-3-5-10(11)15(24)21-18/h4,7-9H,2-3,5-6H2,1H3,(H,20,25)(H,19,21,24). The van der Waals surface area contributed by atoms with Gasteiger partial charge in [-0.25, -0.2) is 9.78 Å². The van der Waals surface area contributed by atoms with Crippen molar-refractivity contribution in [3.05, 3.63) is 45.2 Å². The monoisotopic (exact) mass is 399 g/mol. The number of rotatable bonds is 4. The maximum absolute atomic E-state index is 12.4. The molecule has 0 atom stereocenters. The lowest BCUT2D eigenvalue weighted by atomic mass is 10.3. The molecule has 3 aromatic rings. The van der Waals surface area contributed by atoms with E-state index >= 15 is 0 Å². The lowest BCUT2D eigenvalue weighted by molar-refractivity contribution is -0.152. The summed E-state index contributed by atoms with van der Waals surface area (Å²) in [5.74, 6) is -1.53. The van der Waals surface area contributed by atoms with E-state index in [1.807, 2.05) is 17.5 Å². The van der Waals surface area contributed by atoms with Crippen LogP contribution >= 0.6 is 11.3 Å². The normalized spacial score (nSPS) is 12.6. The van der Waals surface area contributed by atoms with E-state index in [-0.39, 0.29) is 23.9 Å². The molecule has 0 saturated heterocycles. The van der Waals surface area contributed by atoms with Crippen LogP contribution in [0.3, 0.4) is 0 Å².